The van der Waals surface area contributed by atoms with Crippen LogP contribution in [0.4, 0.5) is 0 Å². The van der Waals surface area contributed by atoms with Gasteiger partial charge in [0.25, 0.3) is 0 Å². The first-order valence-electron chi connectivity index (χ1n) is 6.05. The van der Waals surface area contributed by atoms with Gasteiger partial charge in [-0.3, -0.25) is 0 Å². The van der Waals surface area contributed by atoms with Crippen molar-refractivity contribution in [2.45, 2.75) is 59.3 Å². The average Bonchev–Trinajstić information content (AvgIpc) is 2.12. The van der Waals surface area contributed by atoms with Crippen LogP contribution in [0, 0.1) is 24.2 Å². The van der Waals surface area contributed by atoms with E-state index in [4.69, 9.17) is 0 Å². The van der Waals surface area contributed by atoms with Crippen molar-refractivity contribution in [3.05, 3.63) is 6.42 Å². The molecule has 13 heavy (non-hydrogen) atoms. The number of rotatable bonds is 4. The predicted molar refractivity (Wildman–Crippen MR) is 59.5 cm³/mol. The summed E-state index contributed by atoms with van der Waals surface area (Å²) in [5, 5.41) is 0. The quantitative estimate of drug-likeness (QED) is 0.562. The molecular formula is C13H25. The minimum Gasteiger partial charge on any atom is -0.0651 e. The van der Waals surface area contributed by atoms with Crippen LogP contribution in [0.2, 0.25) is 0 Å². The molecule has 0 aromatic rings. The lowest BCUT2D eigenvalue weighted by Crippen LogP contribution is -2.20. The molecule has 0 aromatic carbocycles. The lowest BCUT2D eigenvalue weighted by atomic mass is 9.74. The van der Waals surface area contributed by atoms with Gasteiger partial charge in [-0.2, -0.15) is 0 Å². The largest absolute Gasteiger partial charge is 0.0651 e. The Morgan fingerprint density at radius 1 is 1.15 bits per heavy atom. The molecule has 1 saturated carbocycles. The zero-order chi connectivity index (χ0) is 9.68. The molecule has 0 aliphatic heterocycles. The van der Waals surface area contributed by atoms with Crippen molar-refractivity contribution in [3.8, 4) is 0 Å². The minimum atomic E-state index is 0.973. The molecule has 77 valence electrons. The first-order chi connectivity index (χ1) is 6.24. The van der Waals surface area contributed by atoms with Crippen LogP contribution in [0.1, 0.15) is 59.3 Å². The summed E-state index contributed by atoms with van der Waals surface area (Å²) in [5.41, 5.74) is 0. The van der Waals surface area contributed by atoms with E-state index in [-0.39, 0.29) is 0 Å². The zero-order valence-corrected chi connectivity index (χ0v) is 9.55. The molecule has 1 rings (SSSR count). The molecule has 1 aliphatic rings. The van der Waals surface area contributed by atoms with E-state index in [1.807, 2.05) is 0 Å². The highest BCUT2D eigenvalue weighted by Crippen LogP contribution is 2.35. The fraction of sp³-hybridized carbons (Fsp3) is 0.923. The second-order valence-electron chi connectivity index (χ2n) is 4.91. The smallest absolute Gasteiger partial charge is 0.0388 e. The number of unbranched alkanes of at least 4 members (excludes halogenated alkanes) is 2. The fourth-order valence-electron chi connectivity index (χ4n) is 2.48. The molecule has 0 N–H and O–H groups in total. The van der Waals surface area contributed by atoms with Gasteiger partial charge in [0.05, 0.1) is 0 Å². The highest BCUT2D eigenvalue weighted by atomic mass is 14.3. The lowest BCUT2D eigenvalue weighted by molar-refractivity contribution is 0.200. The number of hydrogen-bond acceptors (Lipinski definition) is 0. The summed E-state index contributed by atoms with van der Waals surface area (Å²) in [6.07, 6.45) is 10.9. The Morgan fingerprint density at radius 3 is 2.54 bits per heavy atom. The molecule has 3 atom stereocenters. The first-order valence-corrected chi connectivity index (χ1v) is 6.05. The summed E-state index contributed by atoms with van der Waals surface area (Å²) in [4.78, 5) is 0. The summed E-state index contributed by atoms with van der Waals surface area (Å²) in [5.74, 6) is 2.99. The Hall–Kier alpha value is 0. The van der Waals surface area contributed by atoms with Crippen LogP contribution in [-0.2, 0) is 0 Å². The highest BCUT2D eigenvalue weighted by Gasteiger charge is 2.23. The molecular weight excluding hydrogens is 156 g/mol. The fourth-order valence-corrected chi connectivity index (χ4v) is 2.48. The Kier molecular flexibility index (Phi) is 4.83. The molecule has 0 bridgehead atoms. The van der Waals surface area contributed by atoms with Gasteiger partial charge >= 0.3 is 0 Å². The second-order valence-corrected chi connectivity index (χ2v) is 4.91. The van der Waals surface area contributed by atoms with E-state index in [2.05, 4.69) is 27.2 Å². The van der Waals surface area contributed by atoms with Gasteiger partial charge in [-0.15, -0.1) is 0 Å². The van der Waals surface area contributed by atoms with Crippen molar-refractivity contribution in [1.82, 2.24) is 0 Å². The molecule has 0 heterocycles. The standard InChI is InChI=1S/C13H25/c1-4-5-6-7-13-9-8-11(2)12(3)10-13/h5,11-13H,4,6-10H2,1-3H3. The Balaban J connectivity index is 2.14. The second kappa shape index (κ2) is 5.67. The first kappa shape index (κ1) is 11.1. The molecule has 0 amide bonds. The van der Waals surface area contributed by atoms with Crippen LogP contribution < -0.4 is 0 Å². The van der Waals surface area contributed by atoms with E-state index in [0.29, 0.717) is 0 Å². The molecule has 0 nitrogen and oxygen atoms in total. The maximum atomic E-state index is 2.43. The maximum Gasteiger partial charge on any atom is -0.0388 e. The van der Waals surface area contributed by atoms with Crippen LogP contribution >= 0.6 is 0 Å². The summed E-state index contributed by atoms with van der Waals surface area (Å²) in [6, 6.07) is 0. The molecule has 1 aliphatic carbocycles. The van der Waals surface area contributed by atoms with Crippen LogP contribution in [-0.4, -0.2) is 0 Å². The van der Waals surface area contributed by atoms with Crippen molar-refractivity contribution >= 4 is 0 Å². The zero-order valence-electron chi connectivity index (χ0n) is 9.55. The summed E-state index contributed by atoms with van der Waals surface area (Å²) >= 11 is 0. The van der Waals surface area contributed by atoms with Crippen molar-refractivity contribution < 1.29 is 0 Å². The van der Waals surface area contributed by atoms with E-state index < -0.39 is 0 Å². The SMILES string of the molecule is CC[CH]CCC1CCC(C)C(C)C1. The molecule has 0 saturated heterocycles. The van der Waals surface area contributed by atoms with E-state index >= 15 is 0 Å². The van der Waals surface area contributed by atoms with Crippen molar-refractivity contribution in [3.63, 3.8) is 0 Å². The Bertz CT molecular complexity index is 128. The van der Waals surface area contributed by atoms with Crippen molar-refractivity contribution in [2.75, 3.05) is 0 Å². The van der Waals surface area contributed by atoms with Gasteiger partial charge in [0.2, 0.25) is 0 Å². The minimum absolute atomic E-state index is 0.973. The van der Waals surface area contributed by atoms with E-state index in [1.165, 1.54) is 38.5 Å². The summed E-state index contributed by atoms with van der Waals surface area (Å²) in [6.45, 7) is 7.09. The predicted octanol–water partition coefficient (Wildman–Crippen LogP) is 4.45. The normalized spacial score (nSPS) is 34.8. The molecule has 0 heteroatoms. The van der Waals surface area contributed by atoms with Crippen LogP contribution in [0.3, 0.4) is 0 Å². The molecule has 0 aromatic heterocycles. The monoisotopic (exact) mass is 181 g/mol. The average molecular weight is 181 g/mol. The molecule has 1 radical (unpaired) electrons. The van der Waals surface area contributed by atoms with Gasteiger partial charge in [-0.05, 0) is 37.0 Å². The molecule has 0 spiro atoms. The molecule has 3 unspecified atom stereocenters. The van der Waals surface area contributed by atoms with Crippen LogP contribution in [0.25, 0.3) is 0 Å². The highest BCUT2D eigenvalue weighted by molar-refractivity contribution is 4.76. The summed E-state index contributed by atoms with van der Waals surface area (Å²) in [7, 11) is 0. The molecule has 1 fully saturated rings. The van der Waals surface area contributed by atoms with E-state index in [9.17, 15) is 0 Å². The third-order valence-corrected chi connectivity index (χ3v) is 3.77. The van der Waals surface area contributed by atoms with Gasteiger partial charge in [0.15, 0.2) is 0 Å². The van der Waals surface area contributed by atoms with Crippen LogP contribution in [0.5, 0.6) is 0 Å². The van der Waals surface area contributed by atoms with Gasteiger partial charge in [0.1, 0.15) is 0 Å². The van der Waals surface area contributed by atoms with Gasteiger partial charge in [-0.1, -0.05) is 46.5 Å². The van der Waals surface area contributed by atoms with Crippen LogP contribution in [0.15, 0.2) is 0 Å². The maximum absolute atomic E-state index is 2.43. The van der Waals surface area contributed by atoms with Gasteiger partial charge in [-0.25, -0.2) is 0 Å². The van der Waals surface area contributed by atoms with Crippen molar-refractivity contribution in [1.29, 1.82) is 0 Å². The topological polar surface area (TPSA) is 0 Å². The van der Waals surface area contributed by atoms with E-state index in [0.717, 1.165) is 17.8 Å². The Labute approximate surface area is 84.1 Å². The van der Waals surface area contributed by atoms with E-state index in [1.54, 1.807) is 0 Å². The lowest BCUT2D eigenvalue weighted by Gasteiger charge is -2.32. The van der Waals surface area contributed by atoms with Gasteiger partial charge in [0, 0.05) is 0 Å². The Morgan fingerprint density at radius 2 is 1.92 bits per heavy atom. The third-order valence-electron chi connectivity index (χ3n) is 3.77. The number of hydrogen-bond donors (Lipinski definition) is 0. The third kappa shape index (κ3) is 3.70. The van der Waals surface area contributed by atoms with Crippen molar-refractivity contribution in [2.24, 2.45) is 17.8 Å². The van der Waals surface area contributed by atoms with Gasteiger partial charge < -0.3 is 0 Å². The summed E-state index contributed by atoms with van der Waals surface area (Å²) < 4.78 is 0.